The highest BCUT2D eigenvalue weighted by Crippen LogP contribution is 2.31. The molecule has 0 aromatic heterocycles. The predicted molar refractivity (Wildman–Crippen MR) is 79.5 cm³/mol. The fourth-order valence-electron chi connectivity index (χ4n) is 1.83. The summed E-state index contributed by atoms with van der Waals surface area (Å²) in [6.07, 6.45) is -4.74. The van der Waals surface area contributed by atoms with Crippen LogP contribution in [0.25, 0.3) is 0 Å². The smallest absolute Gasteiger partial charge is 0.508 e. The fraction of sp³-hybridized carbons (Fsp3) is 0.143. The zero-order valence-corrected chi connectivity index (χ0v) is 12.5. The number of hydrogen-bond acceptors (Lipinski definition) is 3. The Bertz CT molecular complexity index is 633. The first kappa shape index (κ1) is 18.4. The van der Waals surface area contributed by atoms with E-state index < -0.39 is 12.4 Å². The minimum atomic E-state index is -4.74. The number of rotatable bonds is 3. The summed E-state index contributed by atoms with van der Waals surface area (Å²) in [4.78, 5) is 0. The van der Waals surface area contributed by atoms with Crippen LogP contribution in [0.1, 0.15) is 17.2 Å². The van der Waals surface area contributed by atoms with E-state index in [9.17, 15) is 18.3 Å². The molecule has 0 heterocycles. The van der Waals surface area contributed by atoms with Gasteiger partial charge in [0.05, 0.1) is 6.04 Å². The van der Waals surface area contributed by atoms with Crippen molar-refractivity contribution in [2.45, 2.75) is 12.4 Å². The third kappa shape index (κ3) is 4.69. The number of phenols is 1. The Hall–Kier alpha value is -1.63. The largest absolute Gasteiger partial charge is 0.573 e. The minimum Gasteiger partial charge on any atom is -0.508 e. The lowest BCUT2D eigenvalue weighted by molar-refractivity contribution is -0.274. The molecule has 2 rings (SSSR count). The van der Waals surface area contributed by atoms with Crippen LogP contribution >= 0.6 is 24.0 Å². The highest BCUT2D eigenvalue weighted by atomic mass is 35.5. The van der Waals surface area contributed by atoms with Crippen LogP contribution in [-0.2, 0) is 0 Å². The molecule has 2 aromatic carbocycles. The molecule has 0 unspecified atom stereocenters. The SMILES string of the molecule is Cl.N[C@H](c1ccc(OC(F)(F)F)cc1)c1cc(Cl)ccc1O. The average Bonchev–Trinajstić information content (AvgIpc) is 2.40. The van der Waals surface area contributed by atoms with Crippen molar-refractivity contribution in [3.8, 4) is 11.5 Å². The molecule has 0 aliphatic heterocycles. The molecule has 0 saturated heterocycles. The standard InChI is InChI=1S/C14H11ClF3NO2.ClH/c15-9-3-6-12(20)11(7-9)13(19)8-1-4-10(5-2-8)21-14(16,17)18;/h1-7,13,20H,19H2;1H/t13-;/m1./s1. The molecule has 3 N–H and O–H groups in total. The van der Waals surface area contributed by atoms with Crippen LogP contribution in [-0.4, -0.2) is 11.5 Å². The molecular formula is C14H12Cl2F3NO2. The maximum absolute atomic E-state index is 12.1. The minimum absolute atomic E-state index is 0. The zero-order chi connectivity index (χ0) is 15.6. The average molecular weight is 354 g/mol. The van der Waals surface area contributed by atoms with Crippen molar-refractivity contribution in [3.63, 3.8) is 0 Å². The van der Waals surface area contributed by atoms with E-state index in [0.717, 1.165) is 12.1 Å². The van der Waals surface area contributed by atoms with Crippen molar-refractivity contribution in [2.75, 3.05) is 0 Å². The highest BCUT2D eigenvalue weighted by molar-refractivity contribution is 6.30. The van der Waals surface area contributed by atoms with Gasteiger partial charge in [0, 0.05) is 10.6 Å². The first-order chi connectivity index (χ1) is 9.76. The van der Waals surface area contributed by atoms with Crippen molar-refractivity contribution in [1.29, 1.82) is 0 Å². The second kappa shape index (κ2) is 7.09. The first-order valence-electron chi connectivity index (χ1n) is 5.86. The summed E-state index contributed by atoms with van der Waals surface area (Å²) in [5.41, 5.74) is 6.88. The monoisotopic (exact) mass is 353 g/mol. The van der Waals surface area contributed by atoms with Gasteiger partial charge in [-0.1, -0.05) is 23.7 Å². The molecule has 0 fully saturated rings. The molecule has 0 aliphatic rings. The molecule has 0 aliphatic carbocycles. The number of phenolic OH excluding ortho intramolecular Hbond substituents is 1. The molecule has 8 heteroatoms. The normalized spacial score (nSPS) is 12.4. The Morgan fingerprint density at radius 2 is 1.68 bits per heavy atom. The fourth-order valence-corrected chi connectivity index (χ4v) is 2.01. The quantitative estimate of drug-likeness (QED) is 0.858. The summed E-state index contributed by atoms with van der Waals surface area (Å²) < 4.78 is 40.0. The molecule has 0 amide bonds. The number of nitrogens with two attached hydrogens (primary N) is 1. The van der Waals surface area contributed by atoms with Crippen LogP contribution in [0.4, 0.5) is 13.2 Å². The lowest BCUT2D eigenvalue weighted by Gasteiger charge is -2.15. The van der Waals surface area contributed by atoms with Gasteiger partial charge < -0.3 is 15.6 Å². The van der Waals surface area contributed by atoms with E-state index in [1.165, 1.54) is 30.3 Å². The molecule has 0 bridgehead atoms. The van der Waals surface area contributed by atoms with Gasteiger partial charge in [0.25, 0.3) is 0 Å². The van der Waals surface area contributed by atoms with Gasteiger partial charge in [-0.2, -0.15) is 0 Å². The summed E-state index contributed by atoms with van der Waals surface area (Å²) >= 11 is 5.83. The number of alkyl halides is 3. The molecule has 22 heavy (non-hydrogen) atoms. The number of benzene rings is 2. The summed E-state index contributed by atoms with van der Waals surface area (Å²) in [6.45, 7) is 0. The van der Waals surface area contributed by atoms with Crippen LogP contribution in [0, 0.1) is 0 Å². The van der Waals surface area contributed by atoms with Crippen LogP contribution in [0.3, 0.4) is 0 Å². The van der Waals surface area contributed by atoms with E-state index in [2.05, 4.69) is 4.74 Å². The number of halogens is 5. The Morgan fingerprint density at radius 1 is 1.09 bits per heavy atom. The molecule has 0 spiro atoms. The molecular weight excluding hydrogens is 342 g/mol. The van der Waals surface area contributed by atoms with Crippen LogP contribution in [0.5, 0.6) is 11.5 Å². The Balaban J connectivity index is 0.00000242. The highest BCUT2D eigenvalue weighted by Gasteiger charge is 2.31. The van der Waals surface area contributed by atoms with Crippen LogP contribution in [0.2, 0.25) is 5.02 Å². The second-order valence-electron chi connectivity index (χ2n) is 4.30. The van der Waals surface area contributed by atoms with E-state index in [0.29, 0.717) is 16.1 Å². The van der Waals surface area contributed by atoms with Crippen molar-refractivity contribution in [3.05, 3.63) is 58.6 Å². The van der Waals surface area contributed by atoms with Gasteiger partial charge in [-0.15, -0.1) is 25.6 Å². The molecule has 120 valence electrons. The third-order valence-corrected chi connectivity index (χ3v) is 3.03. The molecule has 0 radical (unpaired) electrons. The molecule has 1 atom stereocenters. The second-order valence-corrected chi connectivity index (χ2v) is 4.73. The lowest BCUT2D eigenvalue weighted by Crippen LogP contribution is -2.17. The van der Waals surface area contributed by atoms with Crippen molar-refractivity contribution in [2.24, 2.45) is 5.73 Å². The van der Waals surface area contributed by atoms with E-state index in [1.54, 1.807) is 0 Å². The molecule has 3 nitrogen and oxygen atoms in total. The maximum atomic E-state index is 12.1. The number of hydrogen-bond donors (Lipinski definition) is 2. The van der Waals surface area contributed by atoms with Crippen molar-refractivity contribution in [1.82, 2.24) is 0 Å². The number of aromatic hydroxyl groups is 1. The summed E-state index contributed by atoms with van der Waals surface area (Å²) in [7, 11) is 0. The third-order valence-electron chi connectivity index (χ3n) is 2.80. The van der Waals surface area contributed by atoms with Crippen LogP contribution < -0.4 is 10.5 Å². The van der Waals surface area contributed by atoms with Gasteiger partial charge >= 0.3 is 6.36 Å². The van der Waals surface area contributed by atoms with Gasteiger partial charge in [-0.25, -0.2) is 0 Å². The van der Waals surface area contributed by atoms with Gasteiger partial charge in [-0.3, -0.25) is 0 Å². The maximum Gasteiger partial charge on any atom is 0.573 e. The van der Waals surface area contributed by atoms with Gasteiger partial charge in [0.15, 0.2) is 0 Å². The topological polar surface area (TPSA) is 55.5 Å². The van der Waals surface area contributed by atoms with Crippen LogP contribution in [0.15, 0.2) is 42.5 Å². The number of ether oxygens (including phenoxy) is 1. The Morgan fingerprint density at radius 3 is 2.23 bits per heavy atom. The Kier molecular flexibility index (Phi) is 5.93. The summed E-state index contributed by atoms with van der Waals surface area (Å²) in [6, 6.07) is 8.80. The van der Waals surface area contributed by atoms with E-state index in [4.69, 9.17) is 17.3 Å². The van der Waals surface area contributed by atoms with Gasteiger partial charge in [-0.05, 0) is 35.9 Å². The van der Waals surface area contributed by atoms with Gasteiger partial charge in [0.1, 0.15) is 11.5 Å². The van der Waals surface area contributed by atoms with E-state index in [-0.39, 0.29) is 23.9 Å². The zero-order valence-electron chi connectivity index (χ0n) is 11.0. The van der Waals surface area contributed by atoms with Crippen molar-refractivity contribution < 1.29 is 23.0 Å². The van der Waals surface area contributed by atoms with Gasteiger partial charge in [0.2, 0.25) is 0 Å². The van der Waals surface area contributed by atoms with Crippen molar-refractivity contribution >= 4 is 24.0 Å². The van der Waals surface area contributed by atoms with E-state index in [1.807, 2.05) is 0 Å². The summed E-state index contributed by atoms with van der Waals surface area (Å²) in [5.74, 6) is -0.378. The molecule has 2 aromatic rings. The lowest BCUT2D eigenvalue weighted by atomic mass is 9.99. The Labute approximate surface area is 135 Å². The molecule has 0 saturated carbocycles. The predicted octanol–water partition coefficient (Wildman–Crippen LogP) is 4.41. The first-order valence-corrected chi connectivity index (χ1v) is 6.24. The van der Waals surface area contributed by atoms with E-state index >= 15 is 0 Å². The summed E-state index contributed by atoms with van der Waals surface area (Å²) in [5, 5.41) is 10.2.